The highest BCUT2D eigenvalue weighted by Gasteiger charge is 2.30. The van der Waals surface area contributed by atoms with Crippen molar-refractivity contribution in [2.45, 2.75) is 12.5 Å². The van der Waals surface area contributed by atoms with E-state index in [1.54, 1.807) is 0 Å². The Morgan fingerprint density at radius 1 is 1.31 bits per heavy atom. The van der Waals surface area contributed by atoms with Gasteiger partial charge in [-0.2, -0.15) is 0 Å². The summed E-state index contributed by atoms with van der Waals surface area (Å²) in [5.41, 5.74) is 7.34. The van der Waals surface area contributed by atoms with Gasteiger partial charge in [0.15, 0.2) is 9.84 Å². The van der Waals surface area contributed by atoms with Crippen LogP contribution in [0, 0.1) is 0 Å². The summed E-state index contributed by atoms with van der Waals surface area (Å²) in [5, 5.41) is 0. The molecule has 1 fully saturated rings. The highest BCUT2D eigenvalue weighted by molar-refractivity contribution is 7.91. The fraction of sp³-hybridized carbons (Fsp3) is 0.455. The maximum atomic E-state index is 11.4. The maximum Gasteiger partial charge on any atom is 0.152 e. The molecule has 2 N–H and O–H groups in total. The minimum atomic E-state index is -2.82. The molecule has 0 aromatic heterocycles. The van der Waals surface area contributed by atoms with Gasteiger partial charge in [0.2, 0.25) is 0 Å². The number of nitrogens with zero attached hydrogens (tertiary/aromatic N) is 1. The molecule has 1 aromatic carbocycles. The highest BCUT2D eigenvalue weighted by atomic mass is 32.2. The third-order valence-electron chi connectivity index (χ3n) is 3.06. The van der Waals surface area contributed by atoms with Crippen LogP contribution in [0.2, 0.25) is 0 Å². The number of nitrogens with two attached hydrogens (primary N) is 1. The zero-order chi connectivity index (χ0) is 11.8. The van der Waals surface area contributed by atoms with Crippen molar-refractivity contribution in [1.82, 2.24) is 0 Å². The summed E-state index contributed by atoms with van der Waals surface area (Å²) >= 11 is 0. The van der Waals surface area contributed by atoms with Gasteiger partial charge in [0.05, 0.1) is 11.5 Å². The van der Waals surface area contributed by atoms with Gasteiger partial charge in [0.1, 0.15) is 0 Å². The van der Waals surface area contributed by atoms with E-state index in [9.17, 15) is 8.42 Å². The van der Waals surface area contributed by atoms with Crippen LogP contribution in [0.4, 0.5) is 11.4 Å². The molecule has 0 saturated carbocycles. The van der Waals surface area contributed by atoms with Gasteiger partial charge in [-0.1, -0.05) is 0 Å². The third-order valence-corrected chi connectivity index (χ3v) is 4.81. The van der Waals surface area contributed by atoms with Crippen LogP contribution in [0.3, 0.4) is 0 Å². The second kappa shape index (κ2) is 3.97. The molecule has 1 aromatic rings. The van der Waals surface area contributed by atoms with Crippen molar-refractivity contribution in [1.29, 1.82) is 0 Å². The Kier molecular flexibility index (Phi) is 2.80. The van der Waals surface area contributed by atoms with E-state index in [4.69, 9.17) is 5.73 Å². The molecule has 1 aliphatic heterocycles. The minimum Gasteiger partial charge on any atom is -0.399 e. The Morgan fingerprint density at radius 3 is 2.44 bits per heavy atom. The van der Waals surface area contributed by atoms with E-state index >= 15 is 0 Å². The molecule has 1 aliphatic rings. The van der Waals surface area contributed by atoms with Gasteiger partial charge in [0, 0.05) is 24.5 Å². The predicted molar refractivity (Wildman–Crippen MR) is 66.3 cm³/mol. The summed E-state index contributed by atoms with van der Waals surface area (Å²) in [6.45, 7) is 0. The normalized spacial score (nSPS) is 23.2. The van der Waals surface area contributed by atoms with Crippen molar-refractivity contribution in [2.75, 3.05) is 29.2 Å². The van der Waals surface area contributed by atoms with Crippen molar-refractivity contribution < 1.29 is 8.42 Å². The fourth-order valence-electron chi connectivity index (χ4n) is 2.00. The Morgan fingerprint density at radius 2 is 1.94 bits per heavy atom. The van der Waals surface area contributed by atoms with E-state index in [1.807, 2.05) is 36.2 Å². The predicted octanol–water partition coefficient (Wildman–Crippen LogP) is 0.892. The lowest BCUT2D eigenvalue weighted by Crippen LogP contribution is -2.32. The van der Waals surface area contributed by atoms with E-state index < -0.39 is 9.84 Å². The Balaban J connectivity index is 2.14. The third kappa shape index (κ3) is 2.29. The van der Waals surface area contributed by atoms with Crippen molar-refractivity contribution in [3.8, 4) is 0 Å². The van der Waals surface area contributed by atoms with Crippen LogP contribution in [0.15, 0.2) is 24.3 Å². The molecule has 0 spiro atoms. The number of hydrogen-bond donors (Lipinski definition) is 1. The number of anilines is 2. The SMILES string of the molecule is CN(c1ccc(N)cc1)C1CCS(=O)(=O)C1. The summed E-state index contributed by atoms with van der Waals surface area (Å²) in [5.74, 6) is 0.560. The number of rotatable bonds is 2. The molecule has 16 heavy (non-hydrogen) atoms. The van der Waals surface area contributed by atoms with Crippen LogP contribution in [0.25, 0.3) is 0 Å². The smallest absolute Gasteiger partial charge is 0.152 e. The van der Waals surface area contributed by atoms with Gasteiger partial charge >= 0.3 is 0 Å². The minimum absolute atomic E-state index is 0.0913. The lowest BCUT2D eigenvalue weighted by Gasteiger charge is -2.25. The van der Waals surface area contributed by atoms with Gasteiger partial charge in [-0.05, 0) is 30.7 Å². The molecule has 2 rings (SSSR count). The average Bonchev–Trinajstić information content (AvgIpc) is 2.59. The lowest BCUT2D eigenvalue weighted by atomic mass is 10.2. The molecule has 0 amide bonds. The van der Waals surface area contributed by atoms with E-state index in [0.29, 0.717) is 12.2 Å². The van der Waals surface area contributed by atoms with Crippen LogP contribution in [-0.4, -0.2) is 33.0 Å². The second-order valence-corrected chi connectivity index (χ2v) is 6.49. The van der Waals surface area contributed by atoms with Crippen molar-refractivity contribution in [3.05, 3.63) is 24.3 Å². The lowest BCUT2D eigenvalue weighted by molar-refractivity contribution is 0.601. The van der Waals surface area contributed by atoms with Gasteiger partial charge < -0.3 is 10.6 Å². The molecular formula is C11H16N2O2S. The standard InChI is InChI=1S/C11H16N2O2S/c1-13(10-4-2-9(12)3-5-10)11-6-7-16(14,15)8-11/h2-5,11H,6-8,12H2,1H3. The molecule has 1 saturated heterocycles. The molecule has 0 bridgehead atoms. The second-order valence-electron chi connectivity index (χ2n) is 4.26. The zero-order valence-corrected chi connectivity index (χ0v) is 10.1. The van der Waals surface area contributed by atoms with Gasteiger partial charge in [0.25, 0.3) is 0 Å². The van der Waals surface area contributed by atoms with E-state index in [0.717, 1.165) is 11.4 Å². The van der Waals surface area contributed by atoms with Crippen molar-refractivity contribution in [2.24, 2.45) is 0 Å². The van der Waals surface area contributed by atoms with E-state index in [2.05, 4.69) is 0 Å². The maximum absolute atomic E-state index is 11.4. The molecule has 0 aliphatic carbocycles. The van der Waals surface area contributed by atoms with Gasteiger partial charge in [-0.15, -0.1) is 0 Å². The Bertz CT molecular complexity index is 467. The Labute approximate surface area is 96.0 Å². The van der Waals surface area contributed by atoms with E-state index in [1.165, 1.54) is 0 Å². The van der Waals surface area contributed by atoms with Crippen molar-refractivity contribution in [3.63, 3.8) is 0 Å². The van der Waals surface area contributed by atoms with Crippen LogP contribution in [-0.2, 0) is 9.84 Å². The molecule has 5 heteroatoms. The van der Waals surface area contributed by atoms with Crippen LogP contribution in [0.5, 0.6) is 0 Å². The van der Waals surface area contributed by atoms with Gasteiger partial charge in [-0.25, -0.2) is 8.42 Å². The zero-order valence-electron chi connectivity index (χ0n) is 9.26. The summed E-state index contributed by atoms with van der Waals surface area (Å²) in [4.78, 5) is 2.02. The van der Waals surface area contributed by atoms with E-state index in [-0.39, 0.29) is 11.8 Å². The fourth-order valence-corrected chi connectivity index (χ4v) is 3.78. The summed E-state index contributed by atoms with van der Waals surface area (Å²) in [7, 11) is -0.895. The quantitative estimate of drug-likeness (QED) is 0.780. The van der Waals surface area contributed by atoms with Crippen LogP contribution < -0.4 is 10.6 Å². The molecule has 4 nitrogen and oxygen atoms in total. The van der Waals surface area contributed by atoms with Crippen LogP contribution in [0.1, 0.15) is 6.42 Å². The molecular weight excluding hydrogens is 224 g/mol. The number of nitrogen functional groups attached to an aromatic ring is 1. The van der Waals surface area contributed by atoms with Crippen molar-refractivity contribution >= 4 is 21.2 Å². The molecule has 0 radical (unpaired) electrons. The first-order valence-electron chi connectivity index (χ1n) is 5.27. The monoisotopic (exact) mass is 240 g/mol. The summed E-state index contributed by atoms with van der Waals surface area (Å²) in [6, 6.07) is 7.58. The molecule has 88 valence electrons. The summed E-state index contributed by atoms with van der Waals surface area (Å²) < 4.78 is 22.8. The van der Waals surface area contributed by atoms with Gasteiger partial charge in [-0.3, -0.25) is 0 Å². The molecule has 1 heterocycles. The Hall–Kier alpha value is -1.23. The highest BCUT2D eigenvalue weighted by Crippen LogP contribution is 2.23. The molecule has 1 unspecified atom stereocenters. The number of hydrogen-bond acceptors (Lipinski definition) is 4. The first-order valence-corrected chi connectivity index (χ1v) is 7.09. The topological polar surface area (TPSA) is 63.4 Å². The van der Waals surface area contributed by atoms with Crippen LogP contribution >= 0.6 is 0 Å². The first-order chi connectivity index (χ1) is 7.48. The molecule has 1 atom stereocenters. The summed E-state index contributed by atoms with van der Waals surface area (Å²) in [6.07, 6.45) is 0.712. The first kappa shape index (κ1) is 11.3. The number of sulfone groups is 1. The average molecular weight is 240 g/mol. The number of benzene rings is 1. The largest absolute Gasteiger partial charge is 0.399 e.